The maximum atomic E-state index is 12.3. The lowest BCUT2D eigenvalue weighted by Gasteiger charge is -2.38. The van der Waals surface area contributed by atoms with E-state index in [1.165, 1.54) is 0 Å². The van der Waals surface area contributed by atoms with Crippen LogP contribution in [0.3, 0.4) is 0 Å². The molecule has 1 aliphatic rings. The van der Waals surface area contributed by atoms with E-state index in [1.807, 2.05) is 39.5 Å². The van der Waals surface area contributed by atoms with Gasteiger partial charge in [-0.3, -0.25) is 9.69 Å². The van der Waals surface area contributed by atoms with E-state index in [1.54, 1.807) is 0 Å². The van der Waals surface area contributed by atoms with Crippen LogP contribution in [0.2, 0.25) is 0 Å². The minimum atomic E-state index is -0.418. The van der Waals surface area contributed by atoms with Crippen LogP contribution in [0.1, 0.15) is 34.6 Å². The Morgan fingerprint density at radius 2 is 1.64 bits per heavy atom. The first-order chi connectivity index (χ1) is 9.21. The average molecular weight is 358 g/mol. The number of carbonyl (C=O) groups is 1. The Morgan fingerprint density at radius 3 is 2.05 bits per heavy atom. The fourth-order valence-electron chi connectivity index (χ4n) is 2.18. The molecule has 1 fully saturated rings. The molecular formula is C15H33Cl2N3O2. The van der Waals surface area contributed by atoms with Gasteiger partial charge in [0.25, 0.3) is 0 Å². The lowest BCUT2D eigenvalue weighted by Crippen LogP contribution is -2.56. The fraction of sp³-hybridized carbons (Fsp3) is 0.933. The second-order valence-corrected chi connectivity index (χ2v) is 6.93. The molecule has 0 aliphatic carbocycles. The molecule has 0 aromatic heterocycles. The first-order valence-corrected chi connectivity index (χ1v) is 7.60. The van der Waals surface area contributed by atoms with Crippen molar-refractivity contribution in [2.75, 3.05) is 39.3 Å². The second-order valence-electron chi connectivity index (χ2n) is 6.93. The lowest BCUT2D eigenvalue weighted by molar-refractivity contribution is -0.136. The van der Waals surface area contributed by atoms with Gasteiger partial charge in [-0.15, -0.1) is 24.8 Å². The third-order valence-corrected chi connectivity index (χ3v) is 3.74. The summed E-state index contributed by atoms with van der Waals surface area (Å²) in [5, 5.41) is 0. The van der Waals surface area contributed by atoms with Gasteiger partial charge in [0.15, 0.2) is 0 Å². The number of hydrogen-bond acceptors (Lipinski definition) is 4. The summed E-state index contributed by atoms with van der Waals surface area (Å²) in [6, 6.07) is -0.418. The van der Waals surface area contributed by atoms with Crippen LogP contribution < -0.4 is 5.73 Å². The van der Waals surface area contributed by atoms with Crippen molar-refractivity contribution in [1.82, 2.24) is 9.80 Å². The molecule has 1 heterocycles. The van der Waals surface area contributed by atoms with E-state index in [0.717, 1.165) is 39.3 Å². The molecule has 1 atom stereocenters. The molecule has 0 saturated carbocycles. The van der Waals surface area contributed by atoms with Crippen LogP contribution >= 0.6 is 24.8 Å². The molecule has 5 nitrogen and oxygen atoms in total. The maximum Gasteiger partial charge on any atom is 0.240 e. The van der Waals surface area contributed by atoms with Gasteiger partial charge in [-0.25, -0.2) is 0 Å². The second kappa shape index (κ2) is 10.7. The number of hydrogen-bond donors (Lipinski definition) is 1. The van der Waals surface area contributed by atoms with Crippen molar-refractivity contribution in [1.29, 1.82) is 0 Å². The summed E-state index contributed by atoms with van der Waals surface area (Å²) in [5.41, 5.74) is 5.87. The average Bonchev–Trinajstić information content (AvgIpc) is 2.36. The minimum absolute atomic E-state index is 0. The third-order valence-electron chi connectivity index (χ3n) is 3.74. The third kappa shape index (κ3) is 7.97. The summed E-state index contributed by atoms with van der Waals surface area (Å²) < 4.78 is 5.56. The Bertz CT molecular complexity index is 314. The number of carbonyl (C=O) groups excluding carboxylic acids is 1. The van der Waals surface area contributed by atoms with E-state index >= 15 is 0 Å². The summed E-state index contributed by atoms with van der Waals surface area (Å²) in [6.07, 6.45) is 0.280. The molecule has 0 aromatic carbocycles. The number of nitrogens with zero attached hydrogens (tertiary/aromatic N) is 2. The van der Waals surface area contributed by atoms with Gasteiger partial charge in [0.1, 0.15) is 0 Å². The quantitative estimate of drug-likeness (QED) is 0.814. The molecule has 7 heteroatoms. The van der Waals surface area contributed by atoms with Crippen LogP contribution in [0.25, 0.3) is 0 Å². The number of rotatable bonds is 5. The molecule has 22 heavy (non-hydrogen) atoms. The Morgan fingerprint density at radius 1 is 1.14 bits per heavy atom. The van der Waals surface area contributed by atoms with Crippen molar-refractivity contribution in [3.05, 3.63) is 0 Å². The molecule has 1 saturated heterocycles. The summed E-state index contributed by atoms with van der Waals surface area (Å²) >= 11 is 0. The van der Waals surface area contributed by atoms with Crippen LogP contribution in [0, 0.1) is 5.41 Å². The maximum absolute atomic E-state index is 12.3. The minimum Gasteiger partial charge on any atom is -0.377 e. The number of ether oxygens (including phenoxy) is 1. The van der Waals surface area contributed by atoms with Crippen LogP contribution in [-0.4, -0.2) is 67.2 Å². The van der Waals surface area contributed by atoms with Gasteiger partial charge in [0, 0.05) is 32.7 Å². The Kier molecular flexibility index (Phi) is 11.7. The van der Waals surface area contributed by atoms with Crippen molar-refractivity contribution in [3.8, 4) is 0 Å². The molecule has 1 rings (SSSR count). The monoisotopic (exact) mass is 357 g/mol. The van der Waals surface area contributed by atoms with Crippen LogP contribution in [0.5, 0.6) is 0 Å². The molecule has 1 amide bonds. The number of piperazine rings is 1. The highest BCUT2D eigenvalue weighted by atomic mass is 35.5. The van der Waals surface area contributed by atoms with Crippen molar-refractivity contribution >= 4 is 30.7 Å². The van der Waals surface area contributed by atoms with Gasteiger partial charge in [-0.1, -0.05) is 20.8 Å². The molecule has 0 radical (unpaired) electrons. The molecule has 134 valence electrons. The van der Waals surface area contributed by atoms with Gasteiger partial charge in [-0.05, 0) is 19.3 Å². The summed E-state index contributed by atoms with van der Waals surface area (Å²) in [6.45, 7) is 15.2. The largest absolute Gasteiger partial charge is 0.377 e. The predicted molar refractivity (Wildman–Crippen MR) is 96.0 cm³/mol. The van der Waals surface area contributed by atoms with Crippen molar-refractivity contribution in [2.24, 2.45) is 11.1 Å². The molecule has 0 aromatic rings. The smallest absolute Gasteiger partial charge is 0.240 e. The van der Waals surface area contributed by atoms with Crippen LogP contribution in [0.4, 0.5) is 0 Å². The van der Waals surface area contributed by atoms with Gasteiger partial charge < -0.3 is 15.4 Å². The molecule has 0 bridgehead atoms. The molecular weight excluding hydrogens is 325 g/mol. The van der Waals surface area contributed by atoms with E-state index in [0.29, 0.717) is 0 Å². The van der Waals surface area contributed by atoms with E-state index in [9.17, 15) is 4.79 Å². The van der Waals surface area contributed by atoms with E-state index in [4.69, 9.17) is 10.5 Å². The zero-order chi connectivity index (χ0) is 15.3. The fourth-order valence-corrected chi connectivity index (χ4v) is 2.18. The number of amides is 1. The summed E-state index contributed by atoms with van der Waals surface area (Å²) in [5.74, 6) is 0.0792. The first kappa shape index (κ1) is 24.2. The van der Waals surface area contributed by atoms with E-state index in [2.05, 4.69) is 4.90 Å². The van der Waals surface area contributed by atoms with Crippen LogP contribution in [-0.2, 0) is 9.53 Å². The molecule has 0 unspecified atom stereocenters. The van der Waals surface area contributed by atoms with Gasteiger partial charge >= 0.3 is 0 Å². The summed E-state index contributed by atoms with van der Waals surface area (Å²) in [7, 11) is 0. The Hall–Kier alpha value is -0.0700. The SMILES string of the molecule is CC(C)OCCN1CCN(C(=O)[C@@H](N)C(C)(C)C)CC1.Cl.Cl. The Labute approximate surface area is 147 Å². The number of nitrogens with two attached hydrogens (primary N) is 1. The van der Waals surface area contributed by atoms with Gasteiger partial charge in [0.05, 0.1) is 18.8 Å². The topological polar surface area (TPSA) is 58.8 Å². The van der Waals surface area contributed by atoms with Crippen molar-refractivity contribution < 1.29 is 9.53 Å². The number of halogens is 2. The highest BCUT2D eigenvalue weighted by molar-refractivity contribution is 5.85. The molecule has 2 N–H and O–H groups in total. The normalized spacial score (nSPS) is 17.7. The van der Waals surface area contributed by atoms with Crippen molar-refractivity contribution in [3.63, 3.8) is 0 Å². The zero-order valence-electron chi connectivity index (χ0n) is 14.5. The Balaban J connectivity index is 0. The van der Waals surface area contributed by atoms with Gasteiger partial charge in [0.2, 0.25) is 5.91 Å². The van der Waals surface area contributed by atoms with Crippen LogP contribution in [0.15, 0.2) is 0 Å². The van der Waals surface area contributed by atoms with Gasteiger partial charge in [-0.2, -0.15) is 0 Å². The highest BCUT2D eigenvalue weighted by Crippen LogP contribution is 2.19. The van der Waals surface area contributed by atoms with Crippen molar-refractivity contribution in [2.45, 2.75) is 46.8 Å². The predicted octanol–water partition coefficient (Wildman–Crippen LogP) is 1.77. The molecule has 1 aliphatic heterocycles. The first-order valence-electron chi connectivity index (χ1n) is 7.60. The summed E-state index contributed by atoms with van der Waals surface area (Å²) in [4.78, 5) is 16.6. The highest BCUT2D eigenvalue weighted by Gasteiger charge is 2.32. The standard InChI is InChI=1S/C15H31N3O2.2ClH/c1-12(2)20-11-10-17-6-8-18(9-7-17)14(19)13(16)15(3,4)5;;/h12-13H,6-11,16H2,1-5H3;2*1H/t13-;;/m1../s1. The van der Waals surface area contributed by atoms with E-state index in [-0.39, 0.29) is 42.2 Å². The zero-order valence-corrected chi connectivity index (χ0v) is 16.1. The van der Waals surface area contributed by atoms with E-state index < -0.39 is 6.04 Å². The lowest BCUT2D eigenvalue weighted by atomic mass is 9.86. The molecule has 0 spiro atoms.